The molecule has 0 bridgehead atoms. The van der Waals surface area contributed by atoms with Gasteiger partial charge in [-0.1, -0.05) is 0 Å². The molecule has 7 heteroatoms. The quantitative estimate of drug-likeness (QED) is 0.777. The van der Waals surface area contributed by atoms with Crippen molar-refractivity contribution in [2.24, 2.45) is 0 Å². The van der Waals surface area contributed by atoms with E-state index in [1.54, 1.807) is 46.1 Å². The molecule has 4 rings (SSSR count). The SMILES string of the molecule is COc1ccc(C(=O)N2CCN3C(=O)[C@H]4CCCN4C(=O)[C@H]3C2)cc1. The maximum absolute atomic E-state index is 12.8. The summed E-state index contributed by atoms with van der Waals surface area (Å²) in [6.45, 7) is 1.78. The minimum absolute atomic E-state index is 0.0191. The number of piperazine rings is 2. The lowest BCUT2D eigenvalue weighted by Crippen LogP contribution is -2.69. The van der Waals surface area contributed by atoms with E-state index in [0.29, 0.717) is 30.9 Å². The summed E-state index contributed by atoms with van der Waals surface area (Å²) in [5, 5.41) is 0. The van der Waals surface area contributed by atoms with Crippen molar-refractivity contribution in [2.75, 3.05) is 33.3 Å². The summed E-state index contributed by atoms with van der Waals surface area (Å²) in [4.78, 5) is 43.2. The third kappa shape index (κ3) is 2.54. The fraction of sp³-hybridized carbons (Fsp3) is 0.500. The first kappa shape index (κ1) is 15.9. The maximum atomic E-state index is 12.8. The third-order valence-electron chi connectivity index (χ3n) is 5.39. The van der Waals surface area contributed by atoms with Gasteiger partial charge in [0.15, 0.2) is 0 Å². The number of nitrogens with zero attached hydrogens (tertiary/aromatic N) is 3. The first-order chi connectivity index (χ1) is 12.1. The van der Waals surface area contributed by atoms with E-state index < -0.39 is 6.04 Å². The van der Waals surface area contributed by atoms with E-state index in [0.717, 1.165) is 12.8 Å². The molecular formula is C18H21N3O4. The van der Waals surface area contributed by atoms with Crippen molar-refractivity contribution in [3.05, 3.63) is 29.8 Å². The van der Waals surface area contributed by atoms with Crippen LogP contribution in [0.15, 0.2) is 24.3 Å². The predicted molar refractivity (Wildman–Crippen MR) is 89.1 cm³/mol. The largest absolute Gasteiger partial charge is 0.497 e. The fourth-order valence-corrected chi connectivity index (χ4v) is 4.03. The van der Waals surface area contributed by atoms with Gasteiger partial charge in [-0.3, -0.25) is 14.4 Å². The summed E-state index contributed by atoms with van der Waals surface area (Å²) in [7, 11) is 1.58. The number of hydrogen-bond donors (Lipinski definition) is 0. The molecule has 1 aromatic carbocycles. The molecule has 132 valence electrons. The molecule has 0 N–H and O–H groups in total. The van der Waals surface area contributed by atoms with Crippen molar-refractivity contribution in [3.8, 4) is 5.75 Å². The lowest BCUT2D eigenvalue weighted by Gasteiger charge is -2.47. The van der Waals surface area contributed by atoms with Crippen molar-refractivity contribution in [2.45, 2.75) is 24.9 Å². The molecular weight excluding hydrogens is 322 g/mol. The second-order valence-electron chi connectivity index (χ2n) is 6.72. The van der Waals surface area contributed by atoms with Crippen LogP contribution in [-0.4, -0.2) is 77.8 Å². The summed E-state index contributed by atoms with van der Waals surface area (Å²) in [6, 6.07) is 6.10. The minimum atomic E-state index is -0.544. The van der Waals surface area contributed by atoms with Crippen molar-refractivity contribution < 1.29 is 19.1 Å². The second-order valence-corrected chi connectivity index (χ2v) is 6.72. The lowest BCUT2D eigenvalue weighted by molar-refractivity contribution is -0.162. The van der Waals surface area contributed by atoms with Crippen molar-refractivity contribution >= 4 is 17.7 Å². The van der Waals surface area contributed by atoms with E-state index in [9.17, 15) is 14.4 Å². The van der Waals surface area contributed by atoms with E-state index in [1.165, 1.54) is 0 Å². The standard InChI is InChI=1S/C18H21N3O4/c1-25-13-6-4-12(5-7-13)16(22)19-9-10-21-15(11-19)18(24)20-8-2-3-14(20)17(21)23/h4-7,14-15H,2-3,8-11H2,1H3/t14-,15-/m1/s1. The predicted octanol–water partition coefficient (Wildman–Crippen LogP) is 0.353. The molecule has 0 aromatic heterocycles. The molecule has 3 aliphatic heterocycles. The Morgan fingerprint density at radius 3 is 2.40 bits per heavy atom. The molecule has 2 atom stereocenters. The van der Waals surface area contributed by atoms with Crippen LogP contribution in [0.1, 0.15) is 23.2 Å². The number of amides is 3. The highest BCUT2D eigenvalue weighted by Crippen LogP contribution is 2.29. The Labute approximate surface area is 146 Å². The summed E-state index contributed by atoms with van der Waals surface area (Å²) in [6.07, 6.45) is 1.62. The van der Waals surface area contributed by atoms with Crippen molar-refractivity contribution in [1.29, 1.82) is 0 Å². The number of ether oxygens (including phenoxy) is 1. The van der Waals surface area contributed by atoms with E-state index in [4.69, 9.17) is 4.74 Å². The van der Waals surface area contributed by atoms with Gasteiger partial charge in [-0.15, -0.1) is 0 Å². The van der Waals surface area contributed by atoms with Crippen LogP contribution in [0.5, 0.6) is 5.75 Å². The molecule has 3 heterocycles. The molecule has 3 fully saturated rings. The van der Waals surface area contributed by atoms with Crippen LogP contribution in [0.2, 0.25) is 0 Å². The van der Waals surface area contributed by atoms with Crippen molar-refractivity contribution in [3.63, 3.8) is 0 Å². The van der Waals surface area contributed by atoms with Crippen LogP contribution in [0, 0.1) is 0 Å². The molecule has 1 aromatic rings. The van der Waals surface area contributed by atoms with E-state index >= 15 is 0 Å². The van der Waals surface area contributed by atoms with Gasteiger partial charge in [0.2, 0.25) is 11.8 Å². The zero-order valence-corrected chi connectivity index (χ0v) is 14.2. The molecule has 0 radical (unpaired) electrons. The van der Waals surface area contributed by atoms with Gasteiger partial charge < -0.3 is 19.4 Å². The number of carbonyl (C=O) groups is 3. The number of rotatable bonds is 2. The van der Waals surface area contributed by atoms with Crippen LogP contribution in [0.3, 0.4) is 0 Å². The summed E-state index contributed by atoms with van der Waals surface area (Å²) >= 11 is 0. The van der Waals surface area contributed by atoms with Gasteiger partial charge in [0.25, 0.3) is 5.91 Å². The summed E-state index contributed by atoms with van der Waals surface area (Å²) < 4.78 is 5.11. The Bertz CT molecular complexity index is 718. The Morgan fingerprint density at radius 2 is 1.68 bits per heavy atom. The fourth-order valence-electron chi connectivity index (χ4n) is 4.03. The Hall–Kier alpha value is -2.57. The molecule has 3 saturated heterocycles. The number of benzene rings is 1. The highest BCUT2D eigenvalue weighted by molar-refractivity contribution is 5.99. The molecule has 3 amide bonds. The van der Waals surface area contributed by atoms with Gasteiger partial charge in [-0.05, 0) is 37.1 Å². The smallest absolute Gasteiger partial charge is 0.254 e. The number of hydrogen-bond acceptors (Lipinski definition) is 4. The van der Waals surface area contributed by atoms with Gasteiger partial charge in [-0.2, -0.15) is 0 Å². The van der Waals surface area contributed by atoms with Gasteiger partial charge >= 0.3 is 0 Å². The first-order valence-electron chi connectivity index (χ1n) is 8.64. The zero-order valence-electron chi connectivity index (χ0n) is 14.2. The minimum Gasteiger partial charge on any atom is -0.497 e. The molecule has 0 unspecified atom stereocenters. The normalized spacial score (nSPS) is 25.7. The summed E-state index contributed by atoms with van der Waals surface area (Å²) in [5.41, 5.74) is 0.558. The highest BCUT2D eigenvalue weighted by Gasteiger charge is 2.49. The highest BCUT2D eigenvalue weighted by atomic mass is 16.5. The van der Waals surface area contributed by atoms with Gasteiger partial charge in [0.1, 0.15) is 17.8 Å². The van der Waals surface area contributed by atoms with E-state index in [2.05, 4.69) is 0 Å². The first-order valence-corrected chi connectivity index (χ1v) is 8.64. The Morgan fingerprint density at radius 1 is 1.00 bits per heavy atom. The van der Waals surface area contributed by atoms with Crippen LogP contribution in [0.4, 0.5) is 0 Å². The number of carbonyl (C=O) groups excluding carboxylic acids is 3. The van der Waals surface area contributed by atoms with Crippen LogP contribution < -0.4 is 4.74 Å². The lowest BCUT2D eigenvalue weighted by atomic mass is 10.0. The molecule has 0 aliphatic carbocycles. The summed E-state index contributed by atoms with van der Waals surface area (Å²) in [5.74, 6) is 0.591. The van der Waals surface area contributed by atoms with Gasteiger partial charge in [0.05, 0.1) is 13.7 Å². The molecule has 7 nitrogen and oxygen atoms in total. The second kappa shape index (κ2) is 6.06. The zero-order chi connectivity index (χ0) is 17.6. The van der Waals surface area contributed by atoms with Crippen LogP contribution >= 0.6 is 0 Å². The molecule has 0 saturated carbocycles. The van der Waals surface area contributed by atoms with E-state index in [1.807, 2.05) is 0 Å². The Kier molecular flexibility index (Phi) is 3.86. The van der Waals surface area contributed by atoms with Crippen molar-refractivity contribution in [1.82, 2.24) is 14.7 Å². The molecule has 25 heavy (non-hydrogen) atoms. The van der Waals surface area contributed by atoms with Gasteiger partial charge in [-0.25, -0.2) is 0 Å². The van der Waals surface area contributed by atoms with Crippen LogP contribution in [0.25, 0.3) is 0 Å². The molecule has 0 spiro atoms. The average molecular weight is 343 g/mol. The third-order valence-corrected chi connectivity index (χ3v) is 5.39. The van der Waals surface area contributed by atoms with E-state index in [-0.39, 0.29) is 30.3 Å². The number of methoxy groups -OCH3 is 1. The number of fused-ring (bicyclic) bond motifs is 2. The Balaban J connectivity index is 1.52. The maximum Gasteiger partial charge on any atom is 0.254 e. The topological polar surface area (TPSA) is 70.2 Å². The van der Waals surface area contributed by atoms with Gasteiger partial charge in [0, 0.05) is 25.2 Å². The average Bonchev–Trinajstić information content (AvgIpc) is 3.15. The molecule has 3 aliphatic rings. The monoisotopic (exact) mass is 343 g/mol. The van der Waals surface area contributed by atoms with Crippen LogP contribution in [-0.2, 0) is 9.59 Å².